The highest BCUT2D eigenvalue weighted by Crippen LogP contribution is 2.49. The van der Waals surface area contributed by atoms with E-state index in [2.05, 4.69) is 44.3 Å². The Morgan fingerprint density at radius 2 is 1.85 bits per heavy atom. The number of benzene rings is 1. The maximum absolute atomic E-state index is 5.56. The van der Waals surface area contributed by atoms with E-state index in [4.69, 9.17) is 14.2 Å². The number of methoxy groups -OCH3 is 2. The molecule has 1 aromatic carbocycles. The lowest BCUT2D eigenvalue weighted by atomic mass is 9.58. The van der Waals surface area contributed by atoms with Gasteiger partial charge in [0.25, 0.3) is 0 Å². The van der Waals surface area contributed by atoms with Crippen LogP contribution in [-0.2, 0) is 10.2 Å². The van der Waals surface area contributed by atoms with Crippen LogP contribution in [0.2, 0.25) is 0 Å². The van der Waals surface area contributed by atoms with E-state index in [1.54, 1.807) is 14.2 Å². The van der Waals surface area contributed by atoms with E-state index >= 15 is 0 Å². The Kier molecular flexibility index (Phi) is 8.23. The molecule has 1 unspecified atom stereocenters. The largest absolute Gasteiger partial charge is 0.493 e. The van der Waals surface area contributed by atoms with Crippen molar-refractivity contribution < 1.29 is 14.2 Å². The van der Waals surface area contributed by atoms with Crippen LogP contribution < -0.4 is 14.8 Å². The second-order valence-electron chi connectivity index (χ2n) is 7.77. The maximum atomic E-state index is 5.56. The van der Waals surface area contributed by atoms with Crippen molar-refractivity contribution in [2.75, 3.05) is 34.0 Å². The fourth-order valence-electron chi connectivity index (χ4n) is 4.11. The summed E-state index contributed by atoms with van der Waals surface area (Å²) in [6, 6.07) is 6.95. The Morgan fingerprint density at radius 3 is 2.38 bits per heavy atom. The first-order valence-electron chi connectivity index (χ1n) is 10.1. The van der Waals surface area contributed by atoms with Crippen LogP contribution >= 0.6 is 0 Å². The molecule has 1 fully saturated rings. The van der Waals surface area contributed by atoms with Crippen molar-refractivity contribution in [3.63, 3.8) is 0 Å². The number of hydrogen-bond donors (Lipinski definition) is 1. The van der Waals surface area contributed by atoms with Crippen molar-refractivity contribution in [3.8, 4) is 11.5 Å². The summed E-state index contributed by atoms with van der Waals surface area (Å²) in [4.78, 5) is 0. The predicted octanol–water partition coefficient (Wildman–Crippen LogP) is 4.56. The Balaban J connectivity index is 2.19. The number of ether oxygens (including phenoxy) is 3. The van der Waals surface area contributed by atoms with Gasteiger partial charge < -0.3 is 19.5 Å². The highest BCUT2D eigenvalue weighted by molar-refractivity contribution is 5.46. The molecule has 1 N–H and O–H groups in total. The molecule has 1 atom stereocenters. The summed E-state index contributed by atoms with van der Waals surface area (Å²) in [6.45, 7) is 9.32. The molecule has 0 spiro atoms. The van der Waals surface area contributed by atoms with Crippen LogP contribution in [0.5, 0.6) is 11.5 Å². The summed E-state index contributed by atoms with van der Waals surface area (Å²) < 4.78 is 16.5. The first kappa shape index (κ1) is 21.0. The fourth-order valence-corrected chi connectivity index (χ4v) is 4.11. The third kappa shape index (κ3) is 4.92. The Bertz CT molecular complexity index is 540. The van der Waals surface area contributed by atoms with E-state index in [0.717, 1.165) is 37.7 Å². The Morgan fingerprint density at radius 1 is 1.12 bits per heavy atom. The summed E-state index contributed by atoms with van der Waals surface area (Å²) in [5.74, 6) is 2.30. The van der Waals surface area contributed by atoms with Crippen molar-refractivity contribution in [1.29, 1.82) is 0 Å². The van der Waals surface area contributed by atoms with Crippen molar-refractivity contribution in [3.05, 3.63) is 23.8 Å². The molecule has 1 saturated carbocycles. The molecule has 4 nitrogen and oxygen atoms in total. The van der Waals surface area contributed by atoms with Crippen LogP contribution in [0.25, 0.3) is 0 Å². The van der Waals surface area contributed by atoms with Gasteiger partial charge in [-0.3, -0.25) is 0 Å². The minimum atomic E-state index is 0.204. The van der Waals surface area contributed by atoms with Gasteiger partial charge in [-0.1, -0.05) is 26.3 Å². The molecule has 0 amide bonds. The van der Waals surface area contributed by atoms with E-state index in [0.29, 0.717) is 12.0 Å². The van der Waals surface area contributed by atoms with Gasteiger partial charge in [0.2, 0.25) is 0 Å². The summed E-state index contributed by atoms with van der Waals surface area (Å²) in [5.41, 5.74) is 1.58. The third-order valence-corrected chi connectivity index (χ3v) is 5.64. The molecule has 0 bridgehead atoms. The van der Waals surface area contributed by atoms with E-state index in [9.17, 15) is 0 Å². The zero-order valence-corrected chi connectivity index (χ0v) is 17.3. The van der Waals surface area contributed by atoms with E-state index in [1.165, 1.54) is 31.2 Å². The molecule has 0 aliphatic heterocycles. The molecule has 2 rings (SSSR count). The molecular weight excluding hydrogens is 326 g/mol. The topological polar surface area (TPSA) is 39.7 Å². The second-order valence-corrected chi connectivity index (χ2v) is 7.77. The predicted molar refractivity (Wildman–Crippen MR) is 107 cm³/mol. The standard InChI is InChI=1S/C22H37NO3/c1-6-26-14-8-13-23-21(15-17(2)3)22(11-7-12-22)18-9-10-19(24-4)20(16-18)25-5/h9-10,16-17,21,23H,6-8,11-15H2,1-5H3. The van der Waals surface area contributed by atoms with Crippen LogP contribution in [0.3, 0.4) is 0 Å². The van der Waals surface area contributed by atoms with E-state index in [-0.39, 0.29) is 5.41 Å². The fraction of sp³-hybridized carbons (Fsp3) is 0.727. The quantitative estimate of drug-likeness (QED) is 0.553. The van der Waals surface area contributed by atoms with Crippen LogP contribution in [0.4, 0.5) is 0 Å². The van der Waals surface area contributed by atoms with Crippen molar-refractivity contribution in [2.45, 2.75) is 64.3 Å². The van der Waals surface area contributed by atoms with Gasteiger partial charge in [-0.25, -0.2) is 0 Å². The SMILES string of the molecule is CCOCCCNC(CC(C)C)C1(c2ccc(OC)c(OC)c2)CCC1. The second kappa shape index (κ2) is 10.2. The smallest absolute Gasteiger partial charge is 0.161 e. The van der Waals surface area contributed by atoms with Gasteiger partial charge in [0, 0.05) is 24.7 Å². The van der Waals surface area contributed by atoms with Gasteiger partial charge in [-0.15, -0.1) is 0 Å². The van der Waals surface area contributed by atoms with Crippen LogP contribution in [0, 0.1) is 5.92 Å². The number of hydrogen-bond acceptors (Lipinski definition) is 4. The molecule has 4 heteroatoms. The first-order chi connectivity index (χ1) is 12.6. The average Bonchev–Trinajstić information content (AvgIpc) is 2.59. The van der Waals surface area contributed by atoms with Gasteiger partial charge >= 0.3 is 0 Å². The minimum absolute atomic E-state index is 0.204. The van der Waals surface area contributed by atoms with Crippen molar-refractivity contribution in [1.82, 2.24) is 5.32 Å². The molecule has 1 aromatic rings. The van der Waals surface area contributed by atoms with E-state index < -0.39 is 0 Å². The van der Waals surface area contributed by atoms with Crippen LogP contribution in [0.1, 0.15) is 58.4 Å². The van der Waals surface area contributed by atoms with Gasteiger partial charge in [0.05, 0.1) is 14.2 Å². The Labute approximate surface area is 159 Å². The highest BCUT2D eigenvalue weighted by atomic mass is 16.5. The average molecular weight is 364 g/mol. The van der Waals surface area contributed by atoms with Gasteiger partial charge in [0.15, 0.2) is 11.5 Å². The number of nitrogens with one attached hydrogen (secondary N) is 1. The van der Waals surface area contributed by atoms with Gasteiger partial charge in [-0.05, 0) is 62.8 Å². The molecule has 0 heterocycles. The molecule has 148 valence electrons. The molecule has 1 aliphatic carbocycles. The molecule has 0 aromatic heterocycles. The third-order valence-electron chi connectivity index (χ3n) is 5.64. The molecule has 26 heavy (non-hydrogen) atoms. The van der Waals surface area contributed by atoms with Gasteiger partial charge in [-0.2, -0.15) is 0 Å². The summed E-state index contributed by atoms with van der Waals surface area (Å²) in [5, 5.41) is 3.87. The van der Waals surface area contributed by atoms with Crippen molar-refractivity contribution >= 4 is 0 Å². The van der Waals surface area contributed by atoms with Gasteiger partial charge in [0.1, 0.15) is 0 Å². The van der Waals surface area contributed by atoms with Crippen LogP contribution in [-0.4, -0.2) is 40.0 Å². The lowest BCUT2D eigenvalue weighted by Crippen LogP contribution is -2.53. The molecular formula is C22H37NO3. The zero-order valence-electron chi connectivity index (χ0n) is 17.3. The monoisotopic (exact) mass is 363 g/mol. The maximum Gasteiger partial charge on any atom is 0.161 e. The highest BCUT2D eigenvalue weighted by Gasteiger charge is 2.45. The first-order valence-corrected chi connectivity index (χ1v) is 10.1. The van der Waals surface area contributed by atoms with E-state index in [1.807, 2.05) is 0 Å². The normalized spacial score (nSPS) is 17.0. The lowest BCUT2D eigenvalue weighted by Gasteiger charge is -2.49. The zero-order chi connectivity index (χ0) is 19.0. The van der Waals surface area contributed by atoms with Crippen molar-refractivity contribution in [2.24, 2.45) is 5.92 Å². The molecule has 0 radical (unpaired) electrons. The minimum Gasteiger partial charge on any atom is -0.493 e. The molecule has 1 aliphatic rings. The number of rotatable bonds is 12. The molecule has 0 saturated heterocycles. The summed E-state index contributed by atoms with van der Waals surface area (Å²) >= 11 is 0. The summed E-state index contributed by atoms with van der Waals surface area (Å²) in [7, 11) is 3.41. The summed E-state index contributed by atoms with van der Waals surface area (Å²) in [6.07, 6.45) is 6.01. The van der Waals surface area contributed by atoms with Crippen LogP contribution in [0.15, 0.2) is 18.2 Å². The Hall–Kier alpha value is -1.26. The lowest BCUT2D eigenvalue weighted by molar-refractivity contribution is 0.130.